The highest BCUT2D eigenvalue weighted by Crippen LogP contribution is 2.23. The Hall–Kier alpha value is -2.86. The van der Waals surface area contributed by atoms with Crippen LogP contribution < -0.4 is 10.6 Å². The van der Waals surface area contributed by atoms with Gasteiger partial charge in [0.1, 0.15) is 0 Å². The first-order valence-corrected chi connectivity index (χ1v) is 8.79. The number of carboxylic acid groups (broad SMARTS) is 1. The first-order valence-electron chi connectivity index (χ1n) is 8.79. The Morgan fingerprint density at radius 2 is 1.59 bits per heavy atom. The lowest BCUT2D eigenvalue weighted by Gasteiger charge is -2.19. The normalized spacial score (nSPS) is 12.3. The summed E-state index contributed by atoms with van der Waals surface area (Å²) < 4.78 is 0. The molecular weight excluding hydrogens is 344 g/mol. The van der Waals surface area contributed by atoms with Gasteiger partial charge in [-0.05, 0) is 40.8 Å². The minimum absolute atomic E-state index is 0.120. The molecule has 0 unspecified atom stereocenters. The van der Waals surface area contributed by atoms with Crippen molar-refractivity contribution in [3.05, 3.63) is 65.2 Å². The van der Waals surface area contributed by atoms with Crippen molar-refractivity contribution in [3.63, 3.8) is 0 Å². The molecule has 144 valence electrons. The molecule has 4 N–H and O–H groups in total. The maximum Gasteiger partial charge on any atom is 0.334 e. The lowest BCUT2D eigenvalue weighted by Crippen LogP contribution is -2.36. The van der Waals surface area contributed by atoms with Crippen molar-refractivity contribution >= 4 is 17.6 Å². The SMILES string of the molecule is CC(C)(C)c1ccc(NCc2ccc(C(=O)NC[C@@H](O)C(=O)O)cc2)cc1. The molecule has 1 atom stereocenters. The van der Waals surface area contributed by atoms with Gasteiger partial charge in [0.15, 0.2) is 6.10 Å². The number of hydrogen-bond acceptors (Lipinski definition) is 4. The highest BCUT2D eigenvalue weighted by Gasteiger charge is 2.15. The largest absolute Gasteiger partial charge is 0.479 e. The molecule has 27 heavy (non-hydrogen) atoms. The van der Waals surface area contributed by atoms with Crippen LogP contribution in [-0.2, 0) is 16.8 Å². The van der Waals surface area contributed by atoms with Gasteiger partial charge in [-0.25, -0.2) is 4.79 Å². The Morgan fingerprint density at radius 3 is 2.11 bits per heavy atom. The number of carboxylic acids is 1. The smallest absolute Gasteiger partial charge is 0.334 e. The fourth-order valence-electron chi connectivity index (χ4n) is 2.44. The van der Waals surface area contributed by atoms with Crippen LogP contribution >= 0.6 is 0 Å². The van der Waals surface area contributed by atoms with Crippen LogP contribution in [0.15, 0.2) is 48.5 Å². The number of nitrogens with one attached hydrogen (secondary N) is 2. The van der Waals surface area contributed by atoms with Gasteiger partial charge in [0.25, 0.3) is 5.91 Å². The zero-order valence-electron chi connectivity index (χ0n) is 15.8. The number of aliphatic hydroxyl groups is 1. The van der Waals surface area contributed by atoms with Gasteiger partial charge < -0.3 is 20.8 Å². The van der Waals surface area contributed by atoms with Crippen LogP contribution in [0.4, 0.5) is 5.69 Å². The summed E-state index contributed by atoms with van der Waals surface area (Å²) in [5.41, 5.74) is 3.84. The number of carbonyl (C=O) groups is 2. The first kappa shape index (κ1) is 20.5. The average molecular weight is 370 g/mol. The Bertz CT molecular complexity index is 777. The van der Waals surface area contributed by atoms with E-state index in [0.717, 1.165) is 11.3 Å². The van der Waals surface area contributed by atoms with E-state index in [1.165, 1.54) is 5.56 Å². The molecule has 0 aliphatic rings. The van der Waals surface area contributed by atoms with Crippen molar-refractivity contribution in [3.8, 4) is 0 Å². The topological polar surface area (TPSA) is 98.7 Å². The summed E-state index contributed by atoms with van der Waals surface area (Å²) in [7, 11) is 0. The average Bonchev–Trinajstić information content (AvgIpc) is 2.64. The van der Waals surface area contributed by atoms with Crippen molar-refractivity contribution < 1.29 is 19.8 Å². The summed E-state index contributed by atoms with van der Waals surface area (Å²) in [6, 6.07) is 15.3. The van der Waals surface area contributed by atoms with E-state index in [0.29, 0.717) is 12.1 Å². The molecule has 2 rings (SSSR count). The summed E-state index contributed by atoms with van der Waals surface area (Å²) in [5, 5.41) is 23.5. The van der Waals surface area contributed by atoms with Crippen LogP contribution in [0, 0.1) is 0 Å². The van der Waals surface area contributed by atoms with Crippen LogP contribution in [-0.4, -0.2) is 34.7 Å². The number of amides is 1. The predicted molar refractivity (Wildman–Crippen MR) is 105 cm³/mol. The minimum Gasteiger partial charge on any atom is -0.479 e. The van der Waals surface area contributed by atoms with Gasteiger partial charge in [0.05, 0.1) is 6.54 Å². The Kier molecular flexibility index (Phi) is 6.58. The molecular formula is C21H26N2O4. The van der Waals surface area contributed by atoms with Gasteiger partial charge >= 0.3 is 5.97 Å². The third-order valence-electron chi connectivity index (χ3n) is 4.20. The van der Waals surface area contributed by atoms with Crippen LogP contribution in [0.5, 0.6) is 0 Å². The molecule has 2 aromatic rings. The number of hydrogen-bond donors (Lipinski definition) is 4. The van der Waals surface area contributed by atoms with Crippen molar-refractivity contribution in [2.24, 2.45) is 0 Å². The fourth-order valence-corrected chi connectivity index (χ4v) is 2.44. The molecule has 1 amide bonds. The molecule has 0 heterocycles. The summed E-state index contributed by atoms with van der Waals surface area (Å²) in [4.78, 5) is 22.5. The van der Waals surface area contributed by atoms with Gasteiger partial charge in [0, 0.05) is 17.8 Å². The number of aliphatic hydroxyl groups excluding tert-OH is 1. The summed E-state index contributed by atoms with van der Waals surface area (Å²) >= 11 is 0. The van der Waals surface area contributed by atoms with Crippen molar-refractivity contribution in [1.29, 1.82) is 0 Å². The van der Waals surface area contributed by atoms with Gasteiger partial charge in [-0.2, -0.15) is 0 Å². The summed E-state index contributed by atoms with van der Waals surface area (Å²) in [6.45, 7) is 6.82. The van der Waals surface area contributed by atoms with Crippen LogP contribution in [0.25, 0.3) is 0 Å². The van der Waals surface area contributed by atoms with Gasteiger partial charge in [-0.1, -0.05) is 45.0 Å². The van der Waals surface area contributed by atoms with Crippen molar-refractivity contribution in [1.82, 2.24) is 5.32 Å². The second-order valence-corrected chi connectivity index (χ2v) is 7.44. The number of rotatable bonds is 7. The molecule has 0 saturated heterocycles. The molecule has 0 fully saturated rings. The fraction of sp³-hybridized carbons (Fsp3) is 0.333. The highest BCUT2D eigenvalue weighted by atomic mass is 16.4. The number of benzene rings is 2. The third-order valence-corrected chi connectivity index (χ3v) is 4.20. The Balaban J connectivity index is 1.88. The standard InChI is InChI=1S/C21H26N2O4/c1-21(2,3)16-8-10-17(11-9-16)22-12-14-4-6-15(7-5-14)19(25)23-13-18(24)20(26)27/h4-11,18,22,24H,12-13H2,1-3H3,(H,23,25)(H,26,27)/t18-/m1/s1. The zero-order valence-corrected chi connectivity index (χ0v) is 15.8. The molecule has 0 saturated carbocycles. The lowest BCUT2D eigenvalue weighted by molar-refractivity contribution is -0.146. The molecule has 0 radical (unpaired) electrons. The first-order chi connectivity index (χ1) is 12.7. The molecule has 0 aromatic heterocycles. The maximum atomic E-state index is 11.9. The third kappa shape index (κ3) is 6.11. The van der Waals surface area contributed by atoms with E-state index in [1.807, 2.05) is 12.1 Å². The van der Waals surface area contributed by atoms with E-state index in [2.05, 4.69) is 55.7 Å². The van der Waals surface area contributed by atoms with Gasteiger partial charge in [-0.15, -0.1) is 0 Å². The molecule has 2 aromatic carbocycles. The monoisotopic (exact) mass is 370 g/mol. The van der Waals surface area contributed by atoms with E-state index in [-0.39, 0.29) is 12.0 Å². The maximum absolute atomic E-state index is 11.9. The van der Waals surface area contributed by atoms with Crippen LogP contribution in [0.2, 0.25) is 0 Å². The van der Waals surface area contributed by atoms with Crippen LogP contribution in [0.1, 0.15) is 42.3 Å². The summed E-state index contributed by atoms with van der Waals surface area (Å²) in [6.07, 6.45) is -1.61. The number of anilines is 1. The summed E-state index contributed by atoms with van der Waals surface area (Å²) in [5.74, 6) is -1.79. The van der Waals surface area contributed by atoms with E-state index in [9.17, 15) is 14.7 Å². The second-order valence-electron chi connectivity index (χ2n) is 7.44. The molecule has 6 nitrogen and oxygen atoms in total. The van der Waals surface area contributed by atoms with E-state index in [4.69, 9.17) is 5.11 Å². The quantitative estimate of drug-likeness (QED) is 0.601. The van der Waals surface area contributed by atoms with Crippen molar-refractivity contribution in [2.45, 2.75) is 38.8 Å². The molecule has 0 aliphatic heterocycles. The van der Waals surface area contributed by atoms with E-state index >= 15 is 0 Å². The van der Waals surface area contributed by atoms with Crippen LogP contribution in [0.3, 0.4) is 0 Å². The molecule has 0 aliphatic carbocycles. The highest BCUT2D eigenvalue weighted by molar-refractivity contribution is 5.94. The molecule has 0 spiro atoms. The number of carbonyl (C=O) groups excluding carboxylic acids is 1. The minimum atomic E-state index is -1.61. The lowest BCUT2D eigenvalue weighted by atomic mass is 9.87. The van der Waals surface area contributed by atoms with Crippen molar-refractivity contribution in [2.75, 3.05) is 11.9 Å². The van der Waals surface area contributed by atoms with E-state index < -0.39 is 18.0 Å². The molecule has 0 bridgehead atoms. The van der Waals surface area contributed by atoms with E-state index in [1.54, 1.807) is 12.1 Å². The predicted octanol–water partition coefficient (Wildman–Crippen LogP) is 2.77. The molecule has 6 heteroatoms. The Labute approximate surface area is 159 Å². The Morgan fingerprint density at radius 1 is 1.00 bits per heavy atom. The van der Waals surface area contributed by atoms with Gasteiger partial charge in [-0.3, -0.25) is 4.79 Å². The number of aliphatic carboxylic acids is 1. The zero-order chi connectivity index (χ0) is 20.0. The van der Waals surface area contributed by atoms with Gasteiger partial charge in [0.2, 0.25) is 0 Å². The second kappa shape index (κ2) is 8.68.